The lowest BCUT2D eigenvalue weighted by atomic mass is 9.62. The van der Waals surface area contributed by atoms with Gasteiger partial charge in [-0.25, -0.2) is 0 Å². The predicted octanol–water partition coefficient (Wildman–Crippen LogP) is 3.45. The Labute approximate surface area is 116 Å². The van der Waals surface area contributed by atoms with Crippen molar-refractivity contribution in [3.8, 4) is 0 Å². The van der Waals surface area contributed by atoms with Gasteiger partial charge in [-0.3, -0.25) is 4.79 Å². The van der Waals surface area contributed by atoms with Crippen LogP contribution in [0, 0.1) is 11.8 Å². The molecule has 0 spiro atoms. The maximum atomic E-state index is 12.3. The Morgan fingerprint density at radius 1 is 1.26 bits per heavy atom. The molecule has 2 nitrogen and oxygen atoms in total. The summed E-state index contributed by atoms with van der Waals surface area (Å²) in [7, 11) is 0. The minimum absolute atomic E-state index is 0.149. The molecule has 2 N–H and O–H groups in total. The molecule has 104 valence electrons. The first-order valence-electron chi connectivity index (χ1n) is 6.88. The van der Waals surface area contributed by atoms with Gasteiger partial charge in [0.2, 0.25) is 5.91 Å². The summed E-state index contributed by atoms with van der Waals surface area (Å²) in [6.45, 7) is 12.1. The molecular weight excluding hydrogens is 234 g/mol. The monoisotopic (exact) mass is 259 g/mol. The number of hydrogen-bond donors (Lipinski definition) is 1. The summed E-state index contributed by atoms with van der Waals surface area (Å²) in [6, 6.07) is 8.06. The normalized spacial score (nSPS) is 11.9. The summed E-state index contributed by atoms with van der Waals surface area (Å²) in [5, 5.41) is 0. The summed E-state index contributed by atoms with van der Waals surface area (Å²) in [5.74, 6) is 0.0564. The van der Waals surface area contributed by atoms with E-state index in [1.165, 1.54) is 0 Å². The van der Waals surface area contributed by atoms with Crippen molar-refractivity contribution in [3.63, 3.8) is 0 Å². The van der Waals surface area contributed by atoms with Crippen molar-refractivity contribution >= 4 is 5.91 Å². The van der Waals surface area contributed by atoms with E-state index < -0.39 is 5.41 Å². The van der Waals surface area contributed by atoms with Crippen molar-refractivity contribution in [2.24, 2.45) is 17.6 Å². The van der Waals surface area contributed by atoms with Crippen LogP contribution in [0.4, 0.5) is 0 Å². The van der Waals surface area contributed by atoms with Gasteiger partial charge in [0.1, 0.15) is 0 Å². The van der Waals surface area contributed by atoms with Crippen molar-refractivity contribution in [3.05, 3.63) is 48.0 Å². The fraction of sp³-hybridized carbons (Fsp3) is 0.471. The van der Waals surface area contributed by atoms with E-state index in [-0.39, 0.29) is 17.7 Å². The summed E-state index contributed by atoms with van der Waals surface area (Å²) in [6.07, 6.45) is 2.62. The van der Waals surface area contributed by atoms with Crippen molar-refractivity contribution in [2.75, 3.05) is 0 Å². The van der Waals surface area contributed by atoms with E-state index >= 15 is 0 Å². The number of carbonyl (C=O) groups excluding carboxylic acids is 1. The molecule has 2 heteroatoms. The highest BCUT2D eigenvalue weighted by Gasteiger charge is 2.45. The highest BCUT2D eigenvalue weighted by atomic mass is 16.1. The number of carbonyl (C=O) groups is 1. The van der Waals surface area contributed by atoms with Crippen LogP contribution in [0.15, 0.2) is 36.9 Å². The van der Waals surface area contributed by atoms with Crippen LogP contribution in [0.25, 0.3) is 0 Å². The second-order valence-electron chi connectivity index (χ2n) is 5.69. The lowest BCUT2D eigenvalue weighted by Gasteiger charge is -2.40. The van der Waals surface area contributed by atoms with E-state index in [0.717, 1.165) is 17.5 Å². The van der Waals surface area contributed by atoms with Gasteiger partial charge in [-0.15, -0.1) is 6.58 Å². The third-order valence-corrected chi connectivity index (χ3v) is 4.06. The van der Waals surface area contributed by atoms with Gasteiger partial charge in [-0.2, -0.15) is 0 Å². The lowest BCUT2D eigenvalue weighted by molar-refractivity contribution is -0.127. The Kier molecular flexibility index (Phi) is 4.93. The molecule has 1 amide bonds. The topological polar surface area (TPSA) is 43.1 Å². The smallest absolute Gasteiger partial charge is 0.228 e. The van der Waals surface area contributed by atoms with Crippen LogP contribution < -0.4 is 5.73 Å². The molecule has 1 aromatic rings. The van der Waals surface area contributed by atoms with Crippen LogP contribution in [0.5, 0.6) is 0 Å². The fourth-order valence-corrected chi connectivity index (χ4v) is 3.25. The van der Waals surface area contributed by atoms with E-state index in [0.29, 0.717) is 0 Å². The lowest BCUT2D eigenvalue weighted by Crippen LogP contribution is -2.50. The zero-order valence-electron chi connectivity index (χ0n) is 12.4. The Morgan fingerprint density at radius 2 is 1.79 bits per heavy atom. The van der Waals surface area contributed by atoms with Gasteiger partial charge in [-0.1, -0.05) is 58.0 Å². The SMILES string of the molecule is C=CCc1ccccc1C(C(N)=O)(C(C)C)C(C)C. The van der Waals surface area contributed by atoms with E-state index in [9.17, 15) is 4.79 Å². The molecule has 0 aliphatic rings. The molecule has 0 unspecified atom stereocenters. The first-order chi connectivity index (χ1) is 8.88. The van der Waals surface area contributed by atoms with Crippen molar-refractivity contribution < 1.29 is 4.79 Å². The molecule has 0 aromatic heterocycles. The molecule has 0 saturated heterocycles. The van der Waals surface area contributed by atoms with E-state index in [1.54, 1.807) is 0 Å². The summed E-state index contributed by atoms with van der Waals surface area (Å²) >= 11 is 0. The average Bonchev–Trinajstić information content (AvgIpc) is 2.31. The summed E-state index contributed by atoms with van der Waals surface area (Å²) in [5.41, 5.74) is 7.37. The number of primary amides is 1. The molecular formula is C17H25NO. The fourth-order valence-electron chi connectivity index (χ4n) is 3.25. The summed E-state index contributed by atoms with van der Waals surface area (Å²) in [4.78, 5) is 12.3. The number of allylic oxidation sites excluding steroid dienone is 1. The van der Waals surface area contributed by atoms with Crippen molar-refractivity contribution in [1.29, 1.82) is 0 Å². The molecule has 0 heterocycles. The Balaban J connectivity index is 3.57. The number of benzene rings is 1. The summed E-state index contributed by atoms with van der Waals surface area (Å²) < 4.78 is 0. The van der Waals surface area contributed by atoms with Crippen molar-refractivity contribution in [2.45, 2.75) is 39.5 Å². The maximum Gasteiger partial charge on any atom is 0.228 e. The van der Waals surface area contributed by atoms with E-state index in [2.05, 4.69) is 40.3 Å². The largest absolute Gasteiger partial charge is 0.369 e. The van der Waals surface area contributed by atoms with Crippen LogP contribution in [0.2, 0.25) is 0 Å². The predicted molar refractivity (Wildman–Crippen MR) is 80.9 cm³/mol. The molecule has 0 bridgehead atoms. The third kappa shape index (κ3) is 2.58. The Morgan fingerprint density at radius 3 is 2.21 bits per heavy atom. The molecule has 0 fully saturated rings. The van der Waals surface area contributed by atoms with Crippen LogP contribution in [-0.4, -0.2) is 5.91 Å². The van der Waals surface area contributed by atoms with Gasteiger partial charge in [-0.05, 0) is 29.4 Å². The molecule has 1 aromatic carbocycles. The third-order valence-electron chi connectivity index (χ3n) is 4.06. The number of hydrogen-bond acceptors (Lipinski definition) is 1. The van der Waals surface area contributed by atoms with Gasteiger partial charge < -0.3 is 5.73 Å². The zero-order valence-corrected chi connectivity index (χ0v) is 12.4. The molecule has 0 aliphatic heterocycles. The zero-order chi connectivity index (χ0) is 14.6. The van der Waals surface area contributed by atoms with Gasteiger partial charge in [0.25, 0.3) is 0 Å². The quantitative estimate of drug-likeness (QED) is 0.781. The Hall–Kier alpha value is -1.57. The second-order valence-corrected chi connectivity index (χ2v) is 5.69. The molecule has 19 heavy (non-hydrogen) atoms. The number of rotatable bonds is 6. The number of nitrogens with two attached hydrogens (primary N) is 1. The first kappa shape index (κ1) is 15.5. The van der Waals surface area contributed by atoms with Gasteiger partial charge in [0, 0.05) is 0 Å². The first-order valence-corrected chi connectivity index (χ1v) is 6.88. The molecule has 0 aliphatic carbocycles. The molecule has 0 atom stereocenters. The minimum atomic E-state index is -0.625. The Bertz CT molecular complexity index is 452. The maximum absolute atomic E-state index is 12.3. The molecule has 1 rings (SSSR count). The van der Waals surface area contributed by atoms with Crippen LogP contribution >= 0.6 is 0 Å². The van der Waals surface area contributed by atoms with Crippen LogP contribution in [0.1, 0.15) is 38.8 Å². The molecule has 0 saturated carbocycles. The van der Waals surface area contributed by atoms with Crippen LogP contribution in [-0.2, 0) is 16.6 Å². The number of amides is 1. The van der Waals surface area contributed by atoms with Gasteiger partial charge >= 0.3 is 0 Å². The standard InChI is InChI=1S/C17H25NO/c1-6-9-14-10-7-8-11-15(14)17(12(2)3,13(4)5)16(18)19/h6-8,10-13H,1,9H2,2-5H3,(H2,18,19). The highest BCUT2D eigenvalue weighted by molar-refractivity contribution is 5.88. The van der Waals surface area contributed by atoms with Crippen LogP contribution in [0.3, 0.4) is 0 Å². The van der Waals surface area contributed by atoms with E-state index in [4.69, 9.17) is 5.73 Å². The average molecular weight is 259 g/mol. The molecule has 0 radical (unpaired) electrons. The van der Waals surface area contributed by atoms with Gasteiger partial charge in [0.15, 0.2) is 0 Å². The van der Waals surface area contributed by atoms with E-state index in [1.807, 2.05) is 24.3 Å². The van der Waals surface area contributed by atoms with Gasteiger partial charge in [0.05, 0.1) is 5.41 Å². The van der Waals surface area contributed by atoms with Crippen molar-refractivity contribution in [1.82, 2.24) is 0 Å². The minimum Gasteiger partial charge on any atom is -0.369 e. The second kappa shape index (κ2) is 6.05. The highest BCUT2D eigenvalue weighted by Crippen LogP contribution is 2.41.